The highest BCUT2D eigenvalue weighted by atomic mass is 16.5. The number of rotatable bonds is 4. The molecule has 0 aliphatic heterocycles. The highest BCUT2D eigenvalue weighted by Crippen LogP contribution is 2.39. The second-order valence-corrected chi connectivity index (χ2v) is 7.31. The number of alkyl carbamates (subject to hydrolysis) is 1. The number of nitrogens with zero attached hydrogens (tertiary/aromatic N) is 4. The lowest BCUT2D eigenvalue weighted by Gasteiger charge is -2.38. The van der Waals surface area contributed by atoms with Crippen LogP contribution in [0.2, 0.25) is 0 Å². The van der Waals surface area contributed by atoms with E-state index in [-0.39, 0.29) is 0 Å². The SMILES string of the molecule is CCOC(=O)NC1(c2nnnn2-c2ccc(C)cc2C)CCC(C)CC1. The number of benzene rings is 1. The third-order valence-corrected chi connectivity index (χ3v) is 5.22. The van der Waals surface area contributed by atoms with Crippen molar-refractivity contribution in [1.82, 2.24) is 25.5 Å². The fourth-order valence-corrected chi connectivity index (χ4v) is 3.71. The minimum atomic E-state index is -0.612. The summed E-state index contributed by atoms with van der Waals surface area (Å²) >= 11 is 0. The molecule has 1 aliphatic rings. The molecule has 1 aliphatic carbocycles. The van der Waals surface area contributed by atoms with Gasteiger partial charge in [-0.25, -0.2) is 4.79 Å². The molecular weight excluding hydrogens is 330 g/mol. The maximum Gasteiger partial charge on any atom is 0.407 e. The molecule has 0 bridgehead atoms. The van der Waals surface area contributed by atoms with Gasteiger partial charge < -0.3 is 10.1 Å². The van der Waals surface area contributed by atoms with Gasteiger partial charge >= 0.3 is 6.09 Å². The Morgan fingerprint density at radius 2 is 2.08 bits per heavy atom. The molecule has 1 amide bonds. The quantitative estimate of drug-likeness (QED) is 0.906. The summed E-state index contributed by atoms with van der Waals surface area (Å²) in [6.07, 6.45) is 3.17. The summed E-state index contributed by atoms with van der Waals surface area (Å²) < 4.78 is 6.91. The van der Waals surface area contributed by atoms with Crippen molar-refractivity contribution in [2.45, 2.75) is 58.9 Å². The molecule has 1 N–H and O–H groups in total. The van der Waals surface area contributed by atoms with Crippen molar-refractivity contribution in [3.05, 3.63) is 35.2 Å². The Morgan fingerprint density at radius 1 is 1.35 bits per heavy atom. The second-order valence-electron chi connectivity index (χ2n) is 7.31. The summed E-state index contributed by atoms with van der Waals surface area (Å²) in [7, 11) is 0. The van der Waals surface area contributed by atoms with Gasteiger partial charge in [0.1, 0.15) is 5.54 Å². The number of aromatic nitrogens is 4. The first-order chi connectivity index (χ1) is 12.4. The fourth-order valence-electron chi connectivity index (χ4n) is 3.71. The number of carbonyl (C=O) groups is 1. The van der Waals surface area contributed by atoms with Crippen molar-refractivity contribution in [3.63, 3.8) is 0 Å². The minimum absolute atomic E-state index is 0.334. The maximum absolute atomic E-state index is 12.2. The van der Waals surface area contributed by atoms with Crippen LogP contribution in [0.15, 0.2) is 18.2 Å². The summed E-state index contributed by atoms with van der Waals surface area (Å²) in [5, 5.41) is 15.6. The van der Waals surface area contributed by atoms with Gasteiger partial charge in [0.2, 0.25) is 0 Å². The lowest BCUT2D eigenvalue weighted by Crippen LogP contribution is -2.50. The lowest BCUT2D eigenvalue weighted by atomic mass is 9.76. The number of carbonyl (C=O) groups excluding carboxylic acids is 1. The van der Waals surface area contributed by atoms with Crippen molar-refractivity contribution >= 4 is 6.09 Å². The molecule has 1 heterocycles. The molecule has 1 aromatic heterocycles. The van der Waals surface area contributed by atoms with Crippen LogP contribution in [0.3, 0.4) is 0 Å². The number of ether oxygens (including phenoxy) is 1. The molecule has 0 atom stereocenters. The Bertz CT molecular complexity index is 778. The van der Waals surface area contributed by atoms with E-state index >= 15 is 0 Å². The first-order valence-corrected chi connectivity index (χ1v) is 9.26. The summed E-state index contributed by atoms with van der Waals surface area (Å²) in [6.45, 7) is 8.47. The molecule has 1 fully saturated rings. The zero-order valence-electron chi connectivity index (χ0n) is 16.0. The van der Waals surface area contributed by atoms with Crippen molar-refractivity contribution in [3.8, 4) is 5.69 Å². The molecule has 26 heavy (non-hydrogen) atoms. The van der Waals surface area contributed by atoms with Gasteiger partial charge in [-0.3, -0.25) is 0 Å². The topological polar surface area (TPSA) is 81.9 Å². The number of amides is 1. The van der Waals surface area contributed by atoms with E-state index in [2.05, 4.69) is 40.8 Å². The van der Waals surface area contributed by atoms with Gasteiger partial charge in [-0.1, -0.05) is 24.6 Å². The van der Waals surface area contributed by atoms with Crippen LogP contribution in [-0.4, -0.2) is 32.9 Å². The molecule has 0 unspecified atom stereocenters. The Balaban J connectivity index is 2.03. The molecule has 1 saturated carbocycles. The van der Waals surface area contributed by atoms with E-state index < -0.39 is 11.6 Å². The smallest absolute Gasteiger partial charge is 0.407 e. The van der Waals surface area contributed by atoms with Gasteiger partial charge in [0.15, 0.2) is 5.82 Å². The third-order valence-electron chi connectivity index (χ3n) is 5.22. The van der Waals surface area contributed by atoms with E-state index in [1.54, 1.807) is 11.6 Å². The number of hydrogen-bond donors (Lipinski definition) is 1. The van der Waals surface area contributed by atoms with Gasteiger partial charge in [0.05, 0.1) is 12.3 Å². The lowest BCUT2D eigenvalue weighted by molar-refractivity contribution is 0.117. The van der Waals surface area contributed by atoms with Gasteiger partial charge in [-0.2, -0.15) is 4.68 Å². The normalized spacial score (nSPS) is 22.8. The van der Waals surface area contributed by atoms with Gasteiger partial charge in [0.25, 0.3) is 0 Å². The highest BCUT2D eigenvalue weighted by Gasteiger charge is 2.42. The van der Waals surface area contributed by atoms with Gasteiger partial charge in [0, 0.05) is 0 Å². The van der Waals surface area contributed by atoms with Gasteiger partial charge in [-0.05, 0) is 74.4 Å². The summed E-state index contributed by atoms with van der Waals surface area (Å²) in [4.78, 5) is 12.2. The highest BCUT2D eigenvalue weighted by molar-refractivity contribution is 5.68. The standard InChI is InChI=1S/C19H27N5O2/c1-5-26-18(25)20-19(10-8-13(2)9-11-19)17-21-22-23-24(17)16-7-6-14(3)12-15(16)4/h6-7,12-13H,5,8-11H2,1-4H3,(H,20,25). The van der Waals surface area contributed by atoms with Crippen LogP contribution in [0.4, 0.5) is 4.79 Å². The summed E-state index contributed by atoms with van der Waals surface area (Å²) in [5.74, 6) is 1.29. The molecule has 140 valence electrons. The first-order valence-electron chi connectivity index (χ1n) is 9.26. The Labute approximate surface area is 154 Å². The number of nitrogens with one attached hydrogen (secondary N) is 1. The minimum Gasteiger partial charge on any atom is -0.450 e. The van der Waals surface area contributed by atoms with E-state index in [1.165, 1.54) is 5.56 Å². The summed E-state index contributed by atoms with van der Waals surface area (Å²) in [6, 6.07) is 6.17. The van der Waals surface area contributed by atoms with Crippen LogP contribution in [-0.2, 0) is 10.3 Å². The number of tetrazole rings is 1. The van der Waals surface area contributed by atoms with E-state index in [0.29, 0.717) is 18.3 Å². The second kappa shape index (κ2) is 7.43. The average Bonchev–Trinajstić information content (AvgIpc) is 3.07. The number of aryl methyl sites for hydroxylation is 2. The maximum atomic E-state index is 12.2. The monoisotopic (exact) mass is 357 g/mol. The summed E-state index contributed by atoms with van der Waals surface area (Å²) in [5.41, 5.74) is 2.60. The zero-order valence-corrected chi connectivity index (χ0v) is 16.0. The molecule has 0 saturated heterocycles. The van der Waals surface area contributed by atoms with Crippen LogP contribution in [0.25, 0.3) is 5.69 Å². The molecular formula is C19H27N5O2. The van der Waals surface area contributed by atoms with E-state index in [0.717, 1.165) is 36.9 Å². The predicted octanol–water partition coefficient (Wildman–Crippen LogP) is 3.43. The van der Waals surface area contributed by atoms with Crippen LogP contribution in [0.5, 0.6) is 0 Å². The van der Waals surface area contributed by atoms with Crippen LogP contribution in [0, 0.1) is 19.8 Å². The molecule has 7 heteroatoms. The Kier molecular flexibility index (Phi) is 5.25. The van der Waals surface area contributed by atoms with Crippen LogP contribution in [0.1, 0.15) is 56.5 Å². The molecule has 1 aromatic carbocycles. The van der Waals surface area contributed by atoms with Crippen molar-refractivity contribution in [1.29, 1.82) is 0 Å². The molecule has 3 rings (SSSR count). The Hall–Kier alpha value is -2.44. The van der Waals surface area contributed by atoms with E-state index in [1.807, 2.05) is 19.1 Å². The third kappa shape index (κ3) is 3.57. The predicted molar refractivity (Wildman–Crippen MR) is 98.1 cm³/mol. The van der Waals surface area contributed by atoms with Crippen LogP contribution < -0.4 is 5.32 Å². The molecule has 2 aromatic rings. The van der Waals surface area contributed by atoms with E-state index in [9.17, 15) is 4.79 Å². The molecule has 7 nitrogen and oxygen atoms in total. The molecule has 0 spiro atoms. The van der Waals surface area contributed by atoms with E-state index in [4.69, 9.17) is 4.74 Å². The largest absolute Gasteiger partial charge is 0.450 e. The molecule has 0 radical (unpaired) electrons. The van der Waals surface area contributed by atoms with Crippen molar-refractivity contribution in [2.75, 3.05) is 6.61 Å². The zero-order chi connectivity index (χ0) is 18.7. The van der Waals surface area contributed by atoms with Crippen LogP contribution >= 0.6 is 0 Å². The van der Waals surface area contributed by atoms with Gasteiger partial charge in [-0.15, -0.1) is 5.10 Å². The van der Waals surface area contributed by atoms with Crippen molar-refractivity contribution in [2.24, 2.45) is 5.92 Å². The Morgan fingerprint density at radius 3 is 2.73 bits per heavy atom. The first kappa shape index (κ1) is 18.4. The average molecular weight is 357 g/mol. The number of hydrogen-bond acceptors (Lipinski definition) is 5. The van der Waals surface area contributed by atoms with Crippen molar-refractivity contribution < 1.29 is 9.53 Å². The fraction of sp³-hybridized carbons (Fsp3) is 0.579.